The zero-order valence-corrected chi connectivity index (χ0v) is 15.9. The largest absolute Gasteiger partial charge is 0.466 e. The van der Waals surface area contributed by atoms with Gasteiger partial charge in [0.2, 0.25) is 0 Å². The van der Waals surface area contributed by atoms with Crippen LogP contribution in [0.25, 0.3) is 10.9 Å². The Morgan fingerprint density at radius 1 is 1.24 bits per heavy atom. The van der Waals surface area contributed by atoms with Crippen LogP contribution in [0.1, 0.15) is 75.6 Å². The molecule has 138 valence electrons. The molecule has 0 aliphatic rings. The molecular weight excluding hydrogens is 314 g/mol. The summed E-state index contributed by atoms with van der Waals surface area (Å²) in [5.41, 5.74) is 4.82. The van der Waals surface area contributed by atoms with Gasteiger partial charge < -0.3 is 14.8 Å². The number of hydrogen-bond donors (Lipinski definition) is 2. The molecule has 1 aromatic heterocycles. The van der Waals surface area contributed by atoms with Crippen LogP contribution in [-0.2, 0) is 16.0 Å². The second kappa shape index (κ2) is 9.04. The Hall–Kier alpha value is -1.81. The Morgan fingerprint density at radius 2 is 2.00 bits per heavy atom. The van der Waals surface area contributed by atoms with Crippen LogP contribution in [0.4, 0.5) is 0 Å². The summed E-state index contributed by atoms with van der Waals surface area (Å²) in [6.07, 6.45) is 2.88. The molecule has 0 bridgehead atoms. The van der Waals surface area contributed by atoms with Gasteiger partial charge in [0.25, 0.3) is 0 Å². The molecule has 0 spiro atoms. The first-order chi connectivity index (χ1) is 12.0. The van der Waals surface area contributed by atoms with E-state index in [-0.39, 0.29) is 12.6 Å². The van der Waals surface area contributed by atoms with Crippen molar-refractivity contribution in [3.63, 3.8) is 0 Å². The highest BCUT2D eigenvalue weighted by Gasteiger charge is 2.16. The summed E-state index contributed by atoms with van der Waals surface area (Å²) < 4.78 is 5.04. The molecule has 0 aliphatic heterocycles. The molecule has 1 aromatic carbocycles. The summed E-state index contributed by atoms with van der Waals surface area (Å²) >= 11 is 0. The molecule has 1 atom stereocenters. The lowest BCUT2D eigenvalue weighted by Crippen LogP contribution is -2.05. The van der Waals surface area contributed by atoms with Crippen molar-refractivity contribution in [2.24, 2.45) is 0 Å². The lowest BCUT2D eigenvalue weighted by Gasteiger charge is -2.12. The maximum atomic E-state index is 11.7. The van der Waals surface area contributed by atoms with Crippen LogP contribution in [0.5, 0.6) is 0 Å². The third kappa shape index (κ3) is 4.85. The van der Waals surface area contributed by atoms with E-state index in [4.69, 9.17) is 4.74 Å². The number of carbonyl (C=O) groups excluding carboxylic acids is 1. The van der Waals surface area contributed by atoms with Crippen molar-refractivity contribution in [1.82, 2.24) is 4.98 Å². The number of aliphatic hydroxyl groups excluding tert-OH is 1. The first kappa shape index (κ1) is 19.5. The summed E-state index contributed by atoms with van der Waals surface area (Å²) in [6, 6.07) is 6.59. The molecular formula is C21H31NO3. The first-order valence-corrected chi connectivity index (χ1v) is 9.42. The smallest absolute Gasteiger partial charge is 0.306 e. The number of hydrogen-bond acceptors (Lipinski definition) is 3. The van der Waals surface area contributed by atoms with Crippen molar-refractivity contribution in [3.05, 3.63) is 35.0 Å². The number of fused-ring (bicyclic) bond motifs is 1. The second-order valence-corrected chi connectivity index (χ2v) is 6.95. The molecule has 0 aliphatic carbocycles. The minimum atomic E-state index is -0.141. The number of aryl methyl sites for hydroxylation is 1. The van der Waals surface area contributed by atoms with Gasteiger partial charge in [-0.3, -0.25) is 4.79 Å². The summed E-state index contributed by atoms with van der Waals surface area (Å²) in [4.78, 5) is 15.2. The average molecular weight is 345 g/mol. The number of rotatable bonds is 9. The third-order valence-corrected chi connectivity index (χ3v) is 4.79. The molecule has 0 fully saturated rings. The number of carbonyl (C=O) groups is 1. The van der Waals surface area contributed by atoms with Crippen LogP contribution in [-0.4, -0.2) is 29.3 Å². The average Bonchev–Trinajstić information content (AvgIpc) is 3.00. The van der Waals surface area contributed by atoms with Crippen molar-refractivity contribution >= 4 is 16.9 Å². The molecule has 0 saturated heterocycles. The van der Waals surface area contributed by atoms with E-state index < -0.39 is 0 Å². The molecule has 25 heavy (non-hydrogen) atoms. The number of nitrogens with one attached hydrogen (secondary N) is 1. The number of aromatic amines is 1. The van der Waals surface area contributed by atoms with Crippen molar-refractivity contribution in [1.29, 1.82) is 0 Å². The molecule has 4 nitrogen and oxygen atoms in total. The highest BCUT2D eigenvalue weighted by molar-refractivity contribution is 5.85. The monoisotopic (exact) mass is 345 g/mol. The number of aromatic nitrogens is 1. The van der Waals surface area contributed by atoms with E-state index in [1.54, 1.807) is 0 Å². The normalized spacial score (nSPS) is 12.7. The van der Waals surface area contributed by atoms with Gasteiger partial charge in [0, 0.05) is 35.5 Å². The molecule has 2 aromatic rings. The quantitative estimate of drug-likeness (QED) is 0.650. The van der Waals surface area contributed by atoms with Crippen molar-refractivity contribution in [3.8, 4) is 0 Å². The number of aliphatic hydroxyl groups is 1. The third-order valence-electron chi connectivity index (χ3n) is 4.79. The minimum Gasteiger partial charge on any atom is -0.466 e. The number of esters is 1. The zero-order valence-electron chi connectivity index (χ0n) is 15.9. The Labute approximate surface area is 150 Å². The van der Waals surface area contributed by atoms with Gasteiger partial charge in [-0.1, -0.05) is 26.8 Å². The van der Waals surface area contributed by atoms with Crippen LogP contribution < -0.4 is 0 Å². The predicted molar refractivity (Wildman–Crippen MR) is 102 cm³/mol. The van der Waals surface area contributed by atoms with Crippen LogP contribution in [0.15, 0.2) is 18.2 Å². The van der Waals surface area contributed by atoms with Crippen LogP contribution in [0, 0.1) is 0 Å². The van der Waals surface area contributed by atoms with Gasteiger partial charge in [-0.25, -0.2) is 0 Å². The summed E-state index contributed by atoms with van der Waals surface area (Å²) in [7, 11) is 0. The number of benzene rings is 1. The predicted octanol–water partition coefficient (Wildman–Crippen LogP) is 4.66. The Bertz CT molecular complexity index is 702. The Morgan fingerprint density at radius 3 is 2.60 bits per heavy atom. The maximum absolute atomic E-state index is 11.7. The van der Waals surface area contributed by atoms with Crippen molar-refractivity contribution in [2.75, 3.05) is 13.2 Å². The lowest BCUT2D eigenvalue weighted by molar-refractivity contribution is -0.143. The van der Waals surface area contributed by atoms with Crippen molar-refractivity contribution in [2.45, 2.75) is 65.2 Å². The molecule has 4 heteroatoms. The minimum absolute atomic E-state index is 0.141. The summed E-state index contributed by atoms with van der Waals surface area (Å²) in [6.45, 7) is 9.00. The van der Waals surface area contributed by atoms with Gasteiger partial charge in [-0.2, -0.15) is 0 Å². The number of H-pyrrole nitrogens is 1. The van der Waals surface area contributed by atoms with E-state index >= 15 is 0 Å². The molecule has 1 heterocycles. The van der Waals surface area contributed by atoms with Gasteiger partial charge in [0.05, 0.1) is 6.61 Å². The first-order valence-electron chi connectivity index (χ1n) is 9.42. The van der Waals surface area contributed by atoms with E-state index in [1.807, 2.05) is 6.92 Å². The van der Waals surface area contributed by atoms with Crippen LogP contribution >= 0.6 is 0 Å². The molecule has 1 unspecified atom stereocenters. The van der Waals surface area contributed by atoms with Gasteiger partial charge in [0.1, 0.15) is 0 Å². The molecule has 0 amide bonds. The Kier molecular flexibility index (Phi) is 7.06. The molecule has 0 saturated carbocycles. The van der Waals surface area contributed by atoms with E-state index in [9.17, 15) is 9.90 Å². The van der Waals surface area contributed by atoms with Crippen LogP contribution in [0.2, 0.25) is 0 Å². The second-order valence-electron chi connectivity index (χ2n) is 6.95. The molecule has 0 radical (unpaired) electrons. The van der Waals surface area contributed by atoms with Gasteiger partial charge in [-0.05, 0) is 55.4 Å². The molecule has 2 rings (SSSR count). The van der Waals surface area contributed by atoms with Gasteiger partial charge >= 0.3 is 5.97 Å². The lowest BCUT2D eigenvalue weighted by atomic mass is 9.95. The Balaban J connectivity index is 2.35. The van der Waals surface area contributed by atoms with Crippen LogP contribution in [0.3, 0.4) is 0 Å². The maximum Gasteiger partial charge on any atom is 0.306 e. The zero-order chi connectivity index (χ0) is 18.4. The summed E-state index contributed by atoms with van der Waals surface area (Å²) in [5.74, 6) is 0.604. The fourth-order valence-electron chi connectivity index (χ4n) is 3.39. The van der Waals surface area contributed by atoms with E-state index in [0.29, 0.717) is 31.3 Å². The molecule has 2 N–H and O–H groups in total. The fourth-order valence-corrected chi connectivity index (χ4v) is 3.39. The van der Waals surface area contributed by atoms with E-state index in [2.05, 4.69) is 44.0 Å². The van der Waals surface area contributed by atoms with Gasteiger partial charge in [-0.15, -0.1) is 0 Å². The highest BCUT2D eigenvalue weighted by atomic mass is 16.5. The fraction of sp³-hybridized carbons (Fsp3) is 0.571. The van der Waals surface area contributed by atoms with Crippen molar-refractivity contribution < 1.29 is 14.6 Å². The highest BCUT2D eigenvalue weighted by Crippen LogP contribution is 2.32. The summed E-state index contributed by atoms with van der Waals surface area (Å²) in [5, 5.41) is 10.5. The van der Waals surface area contributed by atoms with Gasteiger partial charge in [0.15, 0.2) is 0 Å². The SMILES string of the molecule is CCOC(=O)CCc1cc(C(C)C)c2[nH]c(C(CC)CCO)cc2c1. The van der Waals surface area contributed by atoms with E-state index in [0.717, 1.165) is 12.8 Å². The topological polar surface area (TPSA) is 62.3 Å². The number of ether oxygens (including phenoxy) is 1. The van der Waals surface area contributed by atoms with E-state index in [1.165, 1.54) is 27.7 Å². The standard InChI is InChI=1S/C21H31NO3/c1-5-16(9-10-23)19-13-17-11-15(7-8-20(24)25-6-2)12-18(14(3)4)21(17)22-19/h11-14,16,22-23H,5-10H2,1-4H3.